The number of hydrogen-bond acceptors (Lipinski definition) is 4. The molecule has 0 unspecified atom stereocenters. The highest BCUT2D eigenvalue weighted by Gasteiger charge is 2.28. The Hall–Kier alpha value is -3.11. The molecule has 1 atom stereocenters. The van der Waals surface area contributed by atoms with Crippen LogP contribution < -0.4 is 0 Å². The minimum absolute atomic E-state index is 0.215. The van der Waals surface area contributed by atoms with Crippen LogP contribution in [0.15, 0.2) is 84.9 Å². The SMILES string of the molecule is CCOC(=O)[C@H](Cc1ccc(O)cc1)N(Cc1ccccc1)Cc1ccccc1. The minimum atomic E-state index is -0.431. The van der Waals surface area contributed by atoms with Crippen LogP contribution >= 0.6 is 0 Å². The third-order valence-corrected chi connectivity index (χ3v) is 4.82. The Morgan fingerprint density at radius 2 is 1.34 bits per heavy atom. The van der Waals surface area contributed by atoms with E-state index in [0.717, 1.165) is 16.7 Å². The van der Waals surface area contributed by atoms with E-state index in [1.807, 2.05) is 55.5 Å². The molecular weight excluding hydrogens is 362 g/mol. The van der Waals surface area contributed by atoms with Crippen molar-refractivity contribution < 1.29 is 14.6 Å². The van der Waals surface area contributed by atoms with Crippen molar-refractivity contribution in [1.82, 2.24) is 4.90 Å². The molecular formula is C25H27NO3. The van der Waals surface area contributed by atoms with Gasteiger partial charge in [-0.2, -0.15) is 0 Å². The Balaban J connectivity index is 1.90. The van der Waals surface area contributed by atoms with E-state index in [4.69, 9.17) is 4.74 Å². The van der Waals surface area contributed by atoms with E-state index >= 15 is 0 Å². The predicted octanol–water partition coefficient (Wildman–Crippen LogP) is 4.57. The summed E-state index contributed by atoms with van der Waals surface area (Å²) in [6.07, 6.45) is 0.513. The van der Waals surface area contributed by atoms with E-state index in [2.05, 4.69) is 29.2 Å². The van der Waals surface area contributed by atoms with Crippen LogP contribution in [-0.2, 0) is 29.0 Å². The molecule has 3 aromatic carbocycles. The standard InChI is InChI=1S/C25H27NO3/c1-2-29-25(28)24(17-20-13-15-23(27)16-14-20)26(18-21-9-5-3-6-10-21)19-22-11-7-4-8-12-22/h3-16,24,27H,2,17-19H2,1H3/t24-/m0/s1. The lowest BCUT2D eigenvalue weighted by atomic mass is 10.0. The number of benzene rings is 3. The third-order valence-electron chi connectivity index (χ3n) is 4.82. The summed E-state index contributed by atoms with van der Waals surface area (Å²) < 4.78 is 5.43. The van der Waals surface area contributed by atoms with Crippen molar-refractivity contribution in [2.24, 2.45) is 0 Å². The molecule has 0 saturated heterocycles. The highest BCUT2D eigenvalue weighted by molar-refractivity contribution is 5.76. The van der Waals surface area contributed by atoms with Crippen molar-refractivity contribution >= 4 is 5.97 Å². The molecule has 1 N–H and O–H groups in total. The molecule has 150 valence electrons. The lowest BCUT2D eigenvalue weighted by molar-refractivity contribution is -0.150. The molecule has 0 aliphatic carbocycles. The molecule has 0 fully saturated rings. The van der Waals surface area contributed by atoms with E-state index in [9.17, 15) is 9.90 Å². The first kappa shape index (κ1) is 20.6. The van der Waals surface area contributed by atoms with Crippen LogP contribution in [0, 0.1) is 0 Å². The molecule has 0 amide bonds. The molecule has 0 spiro atoms. The highest BCUT2D eigenvalue weighted by atomic mass is 16.5. The Morgan fingerprint density at radius 3 is 1.83 bits per heavy atom. The van der Waals surface area contributed by atoms with Gasteiger partial charge < -0.3 is 9.84 Å². The van der Waals surface area contributed by atoms with Gasteiger partial charge in [0, 0.05) is 13.1 Å². The normalized spacial score (nSPS) is 11.9. The fourth-order valence-electron chi connectivity index (χ4n) is 3.37. The van der Waals surface area contributed by atoms with Gasteiger partial charge in [-0.1, -0.05) is 72.8 Å². The van der Waals surface area contributed by atoms with Crippen molar-refractivity contribution in [2.75, 3.05) is 6.61 Å². The highest BCUT2D eigenvalue weighted by Crippen LogP contribution is 2.19. The molecule has 0 bridgehead atoms. The molecule has 3 rings (SSSR count). The maximum absolute atomic E-state index is 12.9. The second-order valence-corrected chi connectivity index (χ2v) is 7.01. The van der Waals surface area contributed by atoms with Gasteiger partial charge in [0.15, 0.2) is 0 Å². The fraction of sp³-hybridized carbons (Fsp3) is 0.240. The summed E-state index contributed by atoms with van der Waals surface area (Å²) in [5.41, 5.74) is 3.26. The summed E-state index contributed by atoms with van der Waals surface area (Å²) in [6, 6.07) is 26.9. The van der Waals surface area contributed by atoms with E-state index in [1.54, 1.807) is 12.1 Å². The first-order valence-electron chi connectivity index (χ1n) is 9.92. The average Bonchev–Trinajstić information content (AvgIpc) is 2.74. The average molecular weight is 389 g/mol. The maximum atomic E-state index is 12.9. The lowest BCUT2D eigenvalue weighted by Crippen LogP contribution is -2.43. The van der Waals surface area contributed by atoms with Crippen LogP contribution in [0.5, 0.6) is 5.75 Å². The van der Waals surface area contributed by atoms with Crippen LogP contribution in [0.3, 0.4) is 0 Å². The molecule has 29 heavy (non-hydrogen) atoms. The number of ether oxygens (including phenoxy) is 1. The zero-order valence-electron chi connectivity index (χ0n) is 16.7. The van der Waals surface area contributed by atoms with E-state index in [0.29, 0.717) is 26.1 Å². The van der Waals surface area contributed by atoms with Crippen LogP contribution in [0.2, 0.25) is 0 Å². The summed E-state index contributed by atoms with van der Waals surface area (Å²) in [5.74, 6) is -0.0145. The van der Waals surface area contributed by atoms with Gasteiger partial charge in [0.1, 0.15) is 11.8 Å². The monoisotopic (exact) mass is 389 g/mol. The number of esters is 1. The third kappa shape index (κ3) is 6.19. The number of carbonyl (C=O) groups is 1. The first-order valence-corrected chi connectivity index (χ1v) is 9.92. The van der Waals surface area contributed by atoms with Crippen molar-refractivity contribution in [3.63, 3.8) is 0 Å². The van der Waals surface area contributed by atoms with E-state index < -0.39 is 6.04 Å². The van der Waals surface area contributed by atoms with E-state index in [1.165, 1.54) is 0 Å². The second-order valence-electron chi connectivity index (χ2n) is 7.01. The maximum Gasteiger partial charge on any atom is 0.323 e. The Labute approximate surface area is 172 Å². The smallest absolute Gasteiger partial charge is 0.323 e. The van der Waals surface area contributed by atoms with Gasteiger partial charge in [-0.05, 0) is 42.2 Å². The molecule has 0 aliphatic rings. The number of nitrogens with zero attached hydrogens (tertiary/aromatic N) is 1. The zero-order valence-corrected chi connectivity index (χ0v) is 16.7. The Kier molecular flexibility index (Phi) is 7.42. The fourth-order valence-corrected chi connectivity index (χ4v) is 3.37. The largest absolute Gasteiger partial charge is 0.508 e. The Bertz CT molecular complexity index is 837. The Morgan fingerprint density at radius 1 is 0.828 bits per heavy atom. The van der Waals surface area contributed by atoms with Gasteiger partial charge in [-0.25, -0.2) is 0 Å². The quantitative estimate of drug-likeness (QED) is 0.545. The zero-order chi connectivity index (χ0) is 20.5. The number of phenols is 1. The van der Waals surface area contributed by atoms with Gasteiger partial charge in [0.25, 0.3) is 0 Å². The molecule has 0 heterocycles. The molecule has 0 aromatic heterocycles. The van der Waals surface area contributed by atoms with Crippen LogP contribution in [0.1, 0.15) is 23.6 Å². The van der Waals surface area contributed by atoms with Gasteiger partial charge >= 0.3 is 5.97 Å². The molecule has 3 aromatic rings. The minimum Gasteiger partial charge on any atom is -0.508 e. The second kappa shape index (κ2) is 10.4. The van der Waals surface area contributed by atoms with Crippen molar-refractivity contribution in [3.05, 3.63) is 102 Å². The van der Waals surface area contributed by atoms with Crippen molar-refractivity contribution in [2.45, 2.75) is 32.5 Å². The number of carbonyl (C=O) groups excluding carboxylic acids is 1. The molecule has 0 saturated carbocycles. The number of phenolic OH excluding ortho intramolecular Hbond substituents is 1. The van der Waals surface area contributed by atoms with Gasteiger partial charge in [-0.3, -0.25) is 9.69 Å². The summed E-state index contributed by atoms with van der Waals surface area (Å²) in [5, 5.41) is 9.58. The number of aromatic hydroxyl groups is 1. The summed E-state index contributed by atoms with van der Waals surface area (Å²) in [4.78, 5) is 15.1. The summed E-state index contributed by atoms with van der Waals surface area (Å²) >= 11 is 0. The lowest BCUT2D eigenvalue weighted by Gasteiger charge is -2.30. The molecule has 4 nitrogen and oxygen atoms in total. The van der Waals surface area contributed by atoms with Crippen LogP contribution in [0.25, 0.3) is 0 Å². The number of rotatable bonds is 9. The topological polar surface area (TPSA) is 49.8 Å². The van der Waals surface area contributed by atoms with Crippen molar-refractivity contribution in [3.8, 4) is 5.75 Å². The molecule has 4 heteroatoms. The van der Waals surface area contributed by atoms with Crippen LogP contribution in [-0.4, -0.2) is 28.6 Å². The number of hydrogen-bond donors (Lipinski definition) is 1. The first-order chi connectivity index (χ1) is 14.2. The van der Waals surface area contributed by atoms with Crippen molar-refractivity contribution in [1.29, 1.82) is 0 Å². The van der Waals surface area contributed by atoms with E-state index in [-0.39, 0.29) is 11.7 Å². The van der Waals surface area contributed by atoms with Gasteiger partial charge in [0.05, 0.1) is 6.61 Å². The van der Waals surface area contributed by atoms with Crippen LogP contribution in [0.4, 0.5) is 0 Å². The molecule has 0 radical (unpaired) electrons. The van der Waals surface area contributed by atoms with Gasteiger partial charge in [-0.15, -0.1) is 0 Å². The summed E-state index contributed by atoms with van der Waals surface area (Å²) in [6.45, 7) is 3.44. The van der Waals surface area contributed by atoms with Gasteiger partial charge in [0.2, 0.25) is 0 Å². The molecule has 0 aliphatic heterocycles. The summed E-state index contributed by atoms with van der Waals surface area (Å²) in [7, 11) is 0. The predicted molar refractivity (Wildman–Crippen MR) is 114 cm³/mol.